The van der Waals surface area contributed by atoms with Gasteiger partial charge in [-0.1, -0.05) is 6.07 Å². The molecule has 0 spiro atoms. The Kier molecular flexibility index (Phi) is 5.15. The molecule has 0 aliphatic carbocycles. The Morgan fingerprint density at radius 2 is 2.36 bits per heavy atom. The first-order valence-electron chi connectivity index (χ1n) is 7.13. The Bertz CT molecular complexity index is 661. The van der Waals surface area contributed by atoms with E-state index in [0.29, 0.717) is 12.0 Å². The SMILES string of the molecule is CC(CCNc1nc(-n2ccnc2)ns1)NCc1cccs1. The van der Waals surface area contributed by atoms with E-state index in [1.165, 1.54) is 16.4 Å². The lowest BCUT2D eigenvalue weighted by molar-refractivity contribution is 0.528. The quantitative estimate of drug-likeness (QED) is 0.663. The molecule has 0 aromatic carbocycles. The van der Waals surface area contributed by atoms with Crippen LogP contribution in [0.15, 0.2) is 36.2 Å². The summed E-state index contributed by atoms with van der Waals surface area (Å²) >= 11 is 3.16. The molecule has 0 aliphatic heterocycles. The highest BCUT2D eigenvalue weighted by atomic mass is 32.1. The fourth-order valence-electron chi connectivity index (χ4n) is 1.96. The maximum absolute atomic E-state index is 4.44. The average molecular weight is 334 g/mol. The van der Waals surface area contributed by atoms with E-state index in [2.05, 4.69) is 49.4 Å². The zero-order valence-corrected chi connectivity index (χ0v) is 13.9. The molecule has 1 atom stereocenters. The molecule has 0 bridgehead atoms. The zero-order valence-electron chi connectivity index (χ0n) is 12.3. The Morgan fingerprint density at radius 3 is 3.14 bits per heavy atom. The minimum atomic E-state index is 0.454. The van der Waals surface area contributed by atoms with E-state index in [1.54, 1.807) is 28.4 Å². The van der Waals surface area contributed by atoms with Crippen LogP contribution in [0.5, 0.6) is 0 Å². The first-order chi connectivity index (χ1) is 10.8. The lowest BCUT2D eigenvalue weighted by Gasteiger charge is -2.13. The maximum Gasteiger partial charge on any atom is 0.248 e. The van der Waals surface area contributed by atoms with Crippen LogP contribution in [0, 0.1) is 0 Å². The number of hydrogen-bond donors (Lipinski definition) is 2. The summed E-state index contributed by atoms with van der Waals surface area (Å²) in [4.78, 5) is 9.80. The fraction of sp³-hybridized carbons (Fsp3) is 0.357. The third-order valence-electron chi connectivity index (χ3n) is 3.21. The number of anilines is 1. The van der Waals surface area contributed by atoms with Gasteiger partial charge in [0.1, 0.15) is 6.33 Å². The number of imidazole rings is 1. The largest absolute Gasteiger partial charge is 0.360 e. The number of nitrogens with one attached hydrogen (secondary N) is 2. The molecule has 0 saturated heterocycles. The van der Waals surface area contributed by atoms with Crippen LogP contribution in [0.4, 0.5) is 5.13 Å². The van der Waals surface area contributed by atoms with Crippen LogP contribution in [0.2, 0.25) is 0 Å². The summed E-state index contributed by atoms with van der Waals surface area (Å²) in [5, 5.41) is 9.80. The van der Waals surface area contributed by atoms with E-state index < -0.39 is 0 Å². The lowest BCUT2D eigenvalue weighted by atomic mass is 10.2. The standard InChI is InChI=1S/C14H18N6S2/c1-11(17-9-12-3-2-8-21-12)4-5-16-14-18-13(19-22-14)20-7-6-15-10-20/h2-3,6-8,10-11,17H,4-5,9H2,1H3,(H,16,18,19). The van der Waals surface area contributed by atoms with Crippen LogP contribution < -0.4 is 10.6 Å². The number of aromatic nitrogens is 4. The zero-order chi connectivity index (χ0) is 15.2. The van der Waals surface area contributed by atoms with Crippen molar-refractivity contribution >= 4 is 28.0 Å². The Hall–Kier alpha value is -1.77. The number of rotatable bonds is 8. The van der Waals surface area contributed by atoms with Crippen molar-refractivity contribution in [1.29, 1.82) is 0 Å². The monoisotopic (exact) mass is 334 g/mol. The smallest absolute Gasteiger partial charge is 0.248 e. The first-order valence-corrected chi connectivity index (χ1v) is 8.78. The molecule has 0 fully saturated rings. The Labute approximate surface area is 137 Å². The highest BCUT2D eigenvalue weighted by Gasteiger charge is 2.06. The van der Waals surface area contributed by atoms with Crippen LogP contribution in [0.3, 0.4) is 0 Å². The molecule has 116 valence electrons. The predicted octanol–water partition coefficient (Wildman–Crippen LogP) is 2.77. The van der Waals surface area contributed by atoms with Gasteiger partial charge >= 0.3 is 0 Å². The van der Waals surface area contributed by atoms with Gasteiger partial charge < -0.3 is 10.6 Å². The minimum absolute atomic E-state index is 0.454. The third-order valence-corrected chi connectivity index (χ3v) is 4.75. The van der Waals surface area contributed by atoms with E-state index >= 15 is 0 Å². The molecular formula is C14H18N6S2. The molecule has 0 amide bonds. The van der Waals surface area contributed by atoms with Crippen molar-refractivity contribution < 1.29 is 0 Å². The van der Waals surface area contributed by atoms with Crippen molar-refractivity contribution in [2.45, 2.75) is 25.9 Å². The van der Waals surface area contributed by atoms with Crippen molar-refractivity contribution in [2.24, 2.45) is 0 Å². The predicted molar refractivity (Wildman–Crippen MR) is 90.8 cm³/mol. The van der Waals surface area contributed by atoms with Crippen molar-refractivity contribution in [2.75, 3.05) is 11.9 Å². The molecule has 3 aromatic heterocycles. The van der Waals surface area contributed by atoms with E-state index in [1.807, 2.05) is 6.20 Å². The van der Waals surface area contributed by atoms with Gasteiger partial charge in [0.25, 0.3) is 0 Å². The van der Waals surface area contributed by atoms with Crippen LogP contribution in [-0.4, -0.2) is 31.5 Å². The summed E-state index contributed by atoms with van der Waals surface area (Å²) in [6.07, 6.45) is 6.28. The minimum Gasteiger partial charge on any atom is -0.360 e. The van der Waals surface area contributed by atoms with Gasteiger partial charge in [0.2, 0.25) is 11.1 Å². The fourth-order valence-corrected chi connectivity index (χ4v) is 3.20. The summed E-state index contributed by atoms with van der Waals surface area (Å²) in [7, 11) is 0. The van der Waals surface area contributed by atoms with E-state index in [4.69, 9.17) is 0 Å². The number of nitrogens with zero attached hydrogens (tertiary/aromatic N) is 4. The van der Waals surface area contributed by atoms with Crippen molar-refractivity contribution in [3.05, 3.63) is 41.1 Å². The molecule has 0 radical (unpaired) electrons. The van der Waals surface area contributed by atoms with Gasteiger partial charge in [0.15, 0.2) is 0 Å². The first kappa shape index (κ1) is 15.1. The molecule has 0 aliphatic rings. The van der Waals surface area contributed by atoms with Crippen molar-refractivity contribution in [1.82, 2.24) is 24.2 Å². The summed E-state index contributed by atoms with van der Waals surface area (Å²) in [5.74, 6) is 0.661. The molecule has 22 heavy (non-hydrogen) atoms. The van der Waals surface area contributed by atoms with Crippen LogP contribution >= 0.6 is 22.9 Å². The van der Waals surface area contributed by atoms with Crippen LogP contribution in [0.25, 0.3) is 5.95 Å². The molecule has 6 nitrogen and oxygen atoms in total. The second-order valence-electron chi connectivity index (χ2n) is 4.95. The molecule has 0 saturated carbocycles. The maximum atomic E-state index is 4.44. The van der Waals surface area contributed by atoms with E-state index in [9.17, 15) is 0 Å². The van der Waals surface area contributed by atoms with Crippen molar-refractivity contribution in [3.8, 4) is 5.95 Å². The van der Waals surface area contributed by atoms with Gasteiger partial charge in [0, 0.05) is 47.9 Å². The van der Waals surface area contributed by atoms with Crippen LogP contribution in [-0.2, 0) is 6.54 Å². The van der Waals surface area contributed by atoms with E-state index in [0.717, 1.165) is 24.6 Å². The lowest BCUT2D eigenvalue weighted by Crippen LogP contribution is -2.27. The third kappa shape index (κ3) is 4.12. The highest BCUT2D eigenvalue weighted by Crippen LogP contribution is 2.14. The molecule has 3 aromatic rings. The number of thiophene rings is 1. The van der Waals surface area contributed by atoms with Gasteiger partial charge in [-0.25, -0.2) is 4.98 Å². The molecular weight excluding hydrogens is 316 g/mol. The van der Waals surface area contributed by atoms with Crippen molar-refractivity contribution in [3.63, 3.8) is 0 Å². The van der Waals surface area contributed by atoms with Gasteiger partial charge in [-0.2, -0.15) is 9.36 Å². The molecule has 1 unspecified atom stereocenters. The topological polar surface area (TPSA) is 67.7 Å². The Morgan fingerprint density at radius 1 is 1.41 bits per heavy atom. The van der Waals surface area contributed by atoms with Gasteiger partial charge in [-0.05, 0) is 24.8 Å². The molecule has 3 heterocycles. The normalized spacial score (nSPS) is 12.4. The summed E-state index contributed by atoms with van der Waals surface area (Å²) in [5.41, 5.74) is 0. The summed E-state index contributed by atoms with van der Waals surface area (Å²) in [6.45, 7) is 4.01. The molecule has 3 rings (SSSR count). The second-order valence-corrected chi connectivity index (χ2v) is 6.73. The molecule has 2 N–H and O–H groups in total. The van der Waals surface area contributed by atoms with E-state index in [-0.39, 0.29) is 0 Å². The molecule has 8 heteroatoms. The van der Waals surface area contributed by atoms with Gasteiger partial charge in [-0.15, -0.1) is 11.3 Å². The number of hydrogen-bond acceptors (Lipinski definition) is 7. The summed E-state index contributed by atoms with van der Waals surface area (Å²) in [6, 6.07) is 4.69. The van der Waals surface area contributed by atoms with Gasteiger partial charge in [0.05, 0.1) is 0 Å². The Balaban J connectivity index is 1.39. The summed E-state index contributed by atoms with van der Waals surface area (Å²) < 4.78 is 6.10. The second kappa shape index (κ2) is 7.48. The van der Waals surface area contributed by atoms with Crippen LogP contribution in [0.1, 0.15) is 18.2 Å². The van der Waals surface area contributed by atoms with Gasteiger partial charge in [-0.3, -0.25) is 4.57 Å². The highest BCUT2D eigenvalue weighted by molar-refractivity contribution is 7.10. The average Bonchev–Trinajstić information content (AvgIpc) is 3.26.